The van der Waals surface area contributed by atoms with Gasteiger partial charge in [-0.05, 0) is 51.8 Å². The summed E-state index contributed by atoms with van der Waals surface area (Å²) < 4.78 is 20.6. The predicted molar refractivity (Wildman–Crippen MR) is 77.1 cm³/mol. The van der Waals surface area contributed by atoms with Crippen molar-refractivity contribution in [2.75, 3.05) is 0 Å². The molecule has 0 amide bonds. The first-order valence-corrected chi connectivity index (χ1v) is 6.53. The molecule has 2 aromatic rings. The minimum absolute atomic E-state index is 0.0481. The monoisotopic (exact) mass is 275 g/mol. The molecule has 0 aliphatic carbocycles. The Morgan fingerprint density at radius 1 is 1.40 bits per heavy atom. The van der Waals surface area contributed by atoms with Crippen LogP contribution in [0.4, 0.5) is 4.39 Å². The number of aromatic nitrogens is 2. The maximum atomic E-state index is 12.9. The third-order valence-electron chi connectivity index (χ3n) is 3.16. The van der Waals surface area contributed by atoms with E-state index < -0.39 is 0 Å². The van der Waals surface area contributed by atoms with Gasteiger partial charge in [0.2, 0.25) is 0 Å². The number of ether oxygens (including phenoxy) is 1. The maximum Gasteiger partial charge on any atom is 0.302 e. The van der Waals surface area contributed by atoms with Crippen LogP contribution in [-0.4, -0.2) is 16.3 Å². The Hall–Kier alpha value is -2.17. The average Bonchev–Trinajstić information content (AvgIpc) is 2.76. The Bertz CT molecular complexity index is 604. The minimum Gasteiger partial charge on any atom is -0.426 e. The zero-order chi connectivity index (χ0) is 14.7. The van der Waals surface area contributed by atoms with Gasteiger partial charge in [0.25, 0.3) is 0 Å². The number of rotatable bonds is 5. The summed E-state index contributed by atoms with van der Waals surface area (Å²) in [6.45, 7) is 10.2. The number of aryl methyl sites for hydroxylation is 1. The van der Waals surface area contributed by atoms with E-state index in [4.69, 9.17) is 4.74 Å². The lowest BCUT2D eigenvalue weighted by atomic mass is 10.2. The predicted octanol–water partition coefficient (Wildman–Crippen LogP) is 3.90. The molecule has 20 heavy (non-hydrogen) atoms. The molecule has 1 aromatic heterocycles. The van der Waals surface area contributed by atoms with E-state index in [-0.39, 0.29) is 11.9 Å². The molecule has 0 bridgehead atoms. The van der Waals surface area contributed by atoms with E-state index in [9.17, 15) is 4.39 Å². The first kappa shape index (κ1) is 14.2. The molecule has 0 saturated heterocycles. The van der Waals surface area contributed by atoms with E-state index >= 15 is 0 Å². The number of halogens is 1. The molecule has 0 aliphatic heterocycles. The lowest BCUT2D eigenvalue weighted by Gasteiger charge is -2.12. The molecular formula is C15H18FN3O. The van der Waals surface area contributed by atoms with Crippen molar-refractivity contribution in [3.05, 3.63) is 41.5 Å². The van der Waals surface area contributed by atoms with Gasteiger partial charge >= 0.3 is 6.01 Å². The fourth-order valence-corrected chi connectivity index (χ4v) is 2.17. The SMILES string of the molecule is C=NC(C)c1c(C)nc(Oc2ccc(F)cc2)n1CC. The van der Waals surface area contributed by atoms with Crippen molar-refractivity contribution < 1.29 is 9.13 Å². The highest BCUT2D eigenvalue weighted by atomic mass is 19.1. The Morgan fingerprint density at radius 2 is 2.05 bits per heavy atom. The molecular weight excluding hydrogens is 257 g/mol. The van der Waals surface area contributed by atoms with Gasteiger partial charge in [0.1, 0.15) is 11.6 Å². The second-order valence-corrected chi connectivity index (χ2v) is 4.52. The van der Waals surface area contributed by atoms with Crippen LogP contribution in [0.3, 0.4) is 0 Å². The van der Waals surface area contributed by atoms with Crippen molar-refractivity contribution in [2.45, 2.75) is 33.4 Å². The zero-order valence-corrected chi connectivity index (χ0v) is 11.9. The van der Waals surface area contributed by atoms with Crippen molar-refractivity contribution in [1.29, 1.82) is 0 Å². The Balaban J connectivity index is 2.37. The van der Waals surface area contributed by atoms with E-state index in [2.05, 4.69) is 16.7 Å². The summed E-state index contributed by atoms with van der Waals surface area (Å²) in [4.78, 5) is 8.47. The van der Waals surface area contributed by atoms with Crippen molar-refractivity contribution in [3.8, 4) is 11.8 Å². The summed E-state index contributed by atoms with van der Waals surface area (Å²) >= 11 is 0. The summed E-state index contributed by atoms with van der Waals surface area (Å²) in [6, 6.07) is 6.31. The highest BCUT2D eigenvalue weighted by Crippen LogP contribution is 2.28. The fourth-order valence-electron chi connectivity index (χ4n) is 2.17. The fraction of sp³-hybridized carbons (Fsp3) is 0.333. The third kappa shape index (κ3) is 2.71. The quantitative estimate of drug-likeness (QED) is 0.776. The smallest absolute Gasteiger partial charge is 0.302 e. The van der Waals surface area contributed by atoms with Crippen molar-refractivity contribution in [3.63, 3.8) is 0 Å². The van der Waals surface area contributed by atoms with Gasteiger partial charge in [0, 0.05) is 6.54 Å². The molecule has 1 atom stereocenters. The summed E-state index contributed by atoms with van der Waals surface area (Å²) in [5.41, 5.74) is 1.85. The summed E-state index contributed by atoms with van der Waals surface area (Å²) in [5, 5.41) is 0. The lowest BCUT2D eigenvalue weighted by Crippen LogP contribution is -2.05. The molecule has 0 spiro atoms. The average molecular weight is 275 g/mol. The molecule has 0 N–H and O–H groups in total. The van der Waals surface area contributed by atoms with Crippen molar-refractivity contribution in [1.82, 2.24) is 9.55 Å². The summed E-state index contributed by atoms with van der Waals surface area (Å²) in [6.07, 6.45) is 0. The van der Waals surface area contributed by atoms with Crippen LogP contribution in [0.5, 0.6) is 11.8 Å². The minimum atomic E-state index is -0.294. The van der Waals surface area contributed by atoms with Crippen LogP contribution < -0.4 is 4.74 Å². The molecule has 0 saturated carbocycles. The molecule has 0 radical (unpaired) electrons. The van der Waals surface area contributed by atoms with Gasteiger partial charge < -0.3 is 4.74 Å². The van der Waals surface area contributed by atoms with Crippen molar-refractivity contribution >= 4 is 6.72 Å². The third-order valence-corrected chi connectivity index (χ3v) is 3.16. The van der Waals surface area contributed by atoms with Gasteiger partial charge in [-0.15, -0.1) is 0 Å². The molecule has 1 heterocycles. The second-order valence-electron chi connectivity index (χ2n) is 4.52. The van der Waals surface area contributed by atoms with E-state index in [1.54, 1.807) is 12.1 Å². The largest absolute Gasteiger partial charge is 0.426 e. The molecule has 4 nitrogen and oxygen atoms in total. The van der Waals surface area contributed by atoms with Gasteiger partial charge in [-0.2, -0.15) is 4.98 Å². The van der Waals surface area contributed by atoms with Crippen LogP contribution in [0.2, 0.25) is 0 Å². The maximum absolute atomic E-state index is 12.9. The molecule has 2 rings (SSSR count). The van der Waals surface area contributed by atoms with E-state index in [0.29, 0.717) is 18.3 Å². The number of benzene rings is 1. The van der Waals surface area contributed by atoms with E-state index in [1.165, 1.54) is 12.1 Å². The number of nitrogens with zero attached hydrogens (tertiary/aromatic N) is 3. The number of aliphatic imine (C=N–C) groups is 1. The number of hydrogen-bond donors (Lipinski definition) is 0. The van der Waals surface area contributed by atoms with Gasteiger partial charge in [0.05, 0.1) is 17.4 Å². The Morgan fingerprint density at radius 3 is 2.60 bits per heavy atom. The van der Waals surface area contributed by atoms with Crippen LogP contribution in [0.25, 0.3) is 0 Å². The van der Waals surface area contributed by atoms with Crippen molar-refractivity contribution in [2.24, 2.45) is 4.99 Å². The van der Waals surface area contributed by atoms with Crippen LogP contribution in [-0.2, 0) is 6.54 Å². The molecule has 5 heteroatoms. The first-order chi connectivity index (χ1) is 9.56. The number of hydrogen-bond acceptors (Lipinski definition) is 3. The number of imidazole rings is 1. The van der Waals surface area contributed by atoms with Gasteiger partial charge in [0.15, 0.2) is 0 Å². The highest BCUT2D eigenvalue weighted by Gasteiger charge is 2.19. The Labute approximate surface area is 117 Å². The van der Waals surface area contributed by atoms with Gasteiger partial charge in [-0.3, -0.25) is 9.56 Å². The normalized spacial score (nSPS) is 12.2. The van der Waals surface area contributed by atoms with E-state index in [0.717, 1.165) is 11.4 Å². The molecule has 1 aromatic carbocycles. The second kappa shape index (κ2) is 5.86. The van der Waals surface area contributed by atoms with Crippen LogP contribution in [0, 0.1) is 12.7 Å². The van der Waals surface area contributed by atoms with Gasteiger partial charge in [-0.1, -0.05) is 0 Å². The topological polar surface area (TPSA) is 39.4 Å². The van der Waals surface area contributed by atoms with Crippen LogP contribution in [0.1, 0.15) is 31.3 Å². The molecule has 106 valence electrons. The summed E-state index contributed by atoms with van der Waals surface area (Å²) in [5.74, 6) is 0.259. The first-order valence-electron chi connectivity index (χ1n) is 6.53. The molecule has 0 aliphatic rings. The molecule has 0 fully saturated rings. The molecule has 1 unspecified atom stereocenters. The standard InChI is InChI=1S/C15H18FN3O/c1-5-19-14(10(2)17-4)11(3)18-15(19)20-13-8-6-12(16)7-9-13/h6-10H,4-5H2,1-3H3. The zero-order valence-electron chi connectivity index (χ0n) is 11.9. The summed E-state index contributed by atoms with van der Waals surface area (Å²) in [7, 11) is 0. The highest BCUT2D eigenvalue weighted by molar-refractivity contribution is 5.31. The van der Waals surface area contributed by atoms with Gasteiger partial charge in [-0.25, -0.2) is 4.39 Å². The Kier molecular flexibility index (Phi) is 4.17. The van der Waals surface area contributed by atoms with E-state index in [1.807, 2.05) is 25.3 Å². The lowest BCUT2D eigenvalue weighted by molar-refractivity contribution is 0.409. The van der Waals surface area contributed by atoms with Crippen LogP contribution >= 0.6 is 0 Å². The van der Waals surface area contributed by atoms with Crippen LogP contribution in [0.15, 0.2) is 29.3 Å².